The van der Waals surface area contributed by atoms with Crippen molar-refractivity contribution in [3.8, 4) is 0 Å². The average molecular weight is 310 g/mol. The van der Waals surface area contributed by atoms with Crippen molar-refractivity contribution in [2.24, 2.45) is 0 Å². The molecule has 2 saturated heterocycles. The number of anilines is 1. The maximum atomic E-state index is 12.2. The molecular formula is C13H12BrNO3. The number of hydrogen-bond donors (Lipinski definition) is 0. The summed E-state index contributed by atoms with van der Waals surface area (Å²) in [4.78, 5) is 25.7. The Hall–Kier alpha value is -1.20. The summed E-state index contributed by atoms with van der Waals surface area (Å²) in [6.45, 7) is 1.89. The highest BCUT2D eigenvalue weighted by Crippen LogP contribution is 2.34. The Bertz CT molecular complexity index is 521. The summed E-state index contributed by atoms with van der Waals surface area (Å²) < 4.78 is 6.24. The van der Waals surface area contributed by atoms with E-state index in [1.165, 1.54) is 4.90 Å². The highest BCUT2D eigenvalue weighted by Gasteiger charge is 2.47. The molecule has 2 heterocycles. The van der Waals surface area contributed by atoms with Gasteiger partial charge in [0.15, 0.2) is 0 Å². The summed E-state index contributed by atoms with van der Waals surface area (Å²) in [5.41, 5.74) is 1.56. The summed E-state index contributed by atoms with van der Waals surface area (Å²) in [5, 5.41) is 0. The lowest BCUT2D eigenvalue weighted by Gasteiger charge is -2.30. The van der Waals surface area contributed by atoms with Crippen LogP contribution in [0.15, 0.2) is 22.7 Å². The van der Waals surface area contributed by atoms with Gasteiger partial charge < -0.3 is 4.74 Å². The first-order chi connectivity index (χ1) is 8.58. The van der Waals surface area contributed by atoms with E-state index in [1.807, 2.05) is 19.1 Å². The van der Waals surface area contributed by atoms with E-state index < -0.39 is 12.2 Å². The van der Waals surface area contributed by atoms with Crippen LogP contribution in [0.25, 0.3) is 0 Å². The number of rotatable bonds is 1. The molecule has 2 amide bonds. The molecule has 0 saturated carbocycles. The maximum Gasteiger partial charge on any atom is 0.262 e. The minimum atomic E-state index is -0.453. The molecule has 2 aliphatic rings. The maximum absolute atomic E-state index is 12.2. The van der Waals surface area contributed by atoms with E-state index in [0.29, 0.717) is 18.5 Å². The number of nitrogens with zero attached hydrogens (tertiary/aromatic N) is 1. The molecule has 18 heavy (non-hydrogen) atoms. The molecule has 0 N–H and O–H groups in total. The first-order valence-electron chi connectivity index (χ1n) is 5.87. The Morgan fingerprint density at radius 2 is 1.83 bits per heavy atom. The van der Waals surface area contributed by atoms with Gasteiger partial charge >= 0.3 is 0 Å². The second-order valence-corrected chi connectivity index (χ2v) is 5.55. The molecule has 0 radical (unpaired) electrons. The zero-order valence-corrected chi connectivity index (χ0v) is 11.4. The summed E-state index contributed by atoms with van der Waals surface area (Å²) in [7, 11) is 0. The number of fused-ring (bicyclic) bond motifs is 2. The molecular weight excluding hydrogens is 298 g/mol. The van der Waals surface area contributed by atoms with Gasteiger partial charge in [0.05, 0.1) is 5.69 Å². The number of ether oxygens (including phenoxy) is 1. The van der Waals surface area contributed by atoms with E-state index >= 15 is 0 Å². The van der Waals surface area contributed by atoms with E-state index in [1.54, 1.807) is 6.07 Å². The number of morpholine rings is 1. The number of benzene rings is 1. The predicted molar refractivity (Wildman–Crippen MR) is 69.3 cm³/mol. The van der Waals surface area contributed by atoms with Gasteiger partial charge in [0.1, 0.15) is 12.2 Å². The lowest BCUT2D eigenvalue weighted by atomic mass is 10.1. The van der Waals surface area contributed by atoms with Gasteiger partial charge in [0, 0.05) is 4.47 Å². The Morgan fingerprint density at radius 3 is 2.44 bits per heavy atom. The van der Waals surface area contributed by atoms with E-state index in [0.717, 1.165) is 10.0 Å². The van der Waals surface area contributed by atoms with E-state index in [9.17, 15) is 9.59 Å². The Kier molecular flexibility index (Phi) is 2.75. The largest absolute Gasteiger partial charge is 0.355 e. The average Bonchev–Trinajstić information content (AvgIpc) is 2.78. The minimum Gasteiger partial charge on any atom is -0.355 e. The van der Waals surface area contributed by atoms with Crippen molar-refractivity contribution >= 4 is 33.4 Å². The fourth-order valence-corrected chi connectivity index (χ4v) is 2.81. The normalized spacial score (nSPS) is 26.9. The van der Waals surface area contributed by atoms with Gasteiger partial charge in [0.2, 0.25) is 0 Å². The molecule has 1 aromatic rings. The van der Waals surface area contributed by atoms with Crippen LogP contribution in [0.2, 0.25) is 0 Å². The van der Waals surface area contributed by atoms with Gasteiger partial charge in [-0.05, 0) is 37.5 Å². The summed E-state index contributed by atoms with van der Waals surface area (Å²) in [6, 6.07) is 5.58. The molecule has 3 rings (SSSR count). The van der Waals surface area contributed by atoms with E-state index in [4.69, 9.17) is 4.74 Å². The predicted octanol–water partition coefficient (Wildman–Crippen LogP) is 2.18. The minimum absolute atomic E-state index is 0.241. The summed E-state index contributed by atoms with van der Waals surface area (Å²) >= 11 is 3.37. The third-order valence-corrected chi connectivity index (χ3v) is 3.92. The number of carbonyl (C=O) groups excluding carboxylic acids is 2. The molecule has 2 unspecified atom stereocenters. The van der Waals surface area contributed by atoms with Crippen LogP contribution in [0.3, 0.4) is 0 Å². The number of amides is 2. The molecule has 0 aliphatic carbocycles. The standard InChI is InChI=1S/C13H12BrNO3/c1-7-2-3-8(14)6-9(7)15-12(16)10-4-5-11(18-10)13(15)17/h2-3,6,10-11H,4-5H2,1H3. The highest BCUT2D eigenvalue weighted by molar-refractivity contribution is 9.10. The number of imide groups is 1. The van der Waals surface area contributed by atoms with E-state index in [2.05, 4.69) is 15.9 Å². The van der Waals surface area contributed by atoms with Crippen molar-refractivity contribution in [3.05, 3.63) is 28.2 Å². The van der Waals surface area contributed by atoms with Crippen molar-refractivity contribution in [1.82, 2.24) is 0 Å². The van der Waals surface area contributed by atoms with Crippen molar-refractivity contribution in [2.45, 2.75) is 32.0 Å². The van der Waals surface area contributed by atoms with Gasteiger partial charge in [0.25, 0.3) is 11.8 Å². The molecule has 4 nitrogen and oxygen atoms in total. The SMILES string of the molecule is Cc1ccc(Br)cc1N1C(=O)C2CCC(O2)C1=O. The van der Waals surface area contributed by atoms with Crippen LogP contribution in [-0.4, -0.2) is 24.0 Å². The van der Waals surface area contributed by atoms with E-state index in [-0.39, 0.29) is 11.8 Å². The van der Waals surface area contributed by atoms with Crippen LogP contribution >= 0.6 is 15.9 Å². The second-order valence-electron chi connectivity index (χ2n) is 4.63. The number of hydrogen-bond acceptors (Lipinski definition) is 3. The third-order valence-electron chi connectivity index (χ3n) is 3.42. The molecule has 2 aliphatic heterocycles. The Morgan fingerprint density at radius 1 is 1.22 bits per heavy atom. The van der Waals surface area contributed by atoms with Gasteiger partial charge in [-0.15, -0.1) is 0 Å². The van der Waals surface area contributed by atoms with Crippen LogP contribution in [0.1, 0.15) is 18.4 Å². The van der Waals surface area contributed by atoms with Crippen LogP contribution in [0.4, 0.5) is 5.69 Å². The molecule has 2 atom stereocenters. The fourth-order valence-electron chi connectivity index (χ4n) is 2.46. The fraction of sp³-hybridized carbons (Fsp3) is 0.385. The number of halogens is 1. The molecule has 2 bridgehead atoms. The number of aryl methyl sites for hydroxylation is 1. The lowest BCUT2D eigenvalue weighted by Crippen LogP contribution is -2.52. The van der Waals surface area contributed by atoms with Crippen LogP contribution in [0.5, 0.6) is 0 Å². The van der Waals surface area contributed by atoms with Crippen LogP contribution in [0, 0.1) is 6.92 Å². The second kappa shape index (κ2) is 4.17. The first kappa shape index (κ1) is 11.9. The smallest absolute Gasteiger partial charge is 0.262 e. The van der Waals surface area contributed by atoms with Crippen LogP contribution < -0.4 is 4.90 Å². The number of carbonyl (C=O) groups is 2. The zero-order valence-electron chi connectivity index (χ0n) is 9.85. The van der Waals surface area contributed by atoms with Crippen molar-refractivity contribution in [3.63, 3.8) is 0 Å². The van der Waals surface area contributed by atoms with Gasteiger partial charge in [-0.1, -0.05) is 22.0 Å². The summed E-state index contributed by atoms with van der Waals surface area (Å²) in [5.74, 6) is -0.482. The Balaban J connectivity index is 2.07. The highest BCUT2D eigenvalue weighted by atomic mass is 79.9. The first-order valence-corrected chi connectivity index (χ1v) is 6.66. The van der Waals surface area contributed by atoms with Crippen LogP contribution in [-0.2, 0) is 14.3 Å². The topological polar surface area (TPSA) is 46.6 Å². The molecule has 0 aromatic heterocycles. The summed E-state index contributed by atoms with van der Waals surface area (Å²) in [6.07, 6.45) is 0.370. The molecule has 5 heteroatoms. The third kappa shape index (κ3) is 1.69. The molecule has 1 aromatic carbocycles. The molecule has 94 valence electrons. The zero-order chi connectivity index (χ0) is 12.9. The molecule has 2 fully saturated rings. The van der Waals surface area contributed by atoms with Gasteiger partial charge in [-0.2, -0.15) is 0 Å². The van der Waals surface area contributed by atoms with Gasteiger partial charge in [-0.25, -0.2) is 4.90 Å². The van der Waals surface area contributed by atoms with Gasteiger partial charge in [-0.3, -0.25) is 9.59 Å². The quantitative estimate of drug-likeness (QED) is 0.747. The lowest BCUT2D eigenvalue weighted by molar-refractivity contribution is -0.146. The molecule has 0 spiro atoms. The van der Waals surface area contributed by atoms with Crippen molar-refractivity contribution < 1.29 is 14.3 Å². The van der Waals surface area contributed by atoms with Crippen molar-refractivity contribution in [2.75, 3.05) is 4.90 Å². The van der Waals surface area contributed by atoms with Crippen molar-refractivity contribution in [1.29, 1.82) is 0 Å². The monoisotopic (exact) mass is 309 g/mol. The Labute approximate surface area is 113 Å².